The average Bonchev–Trinajstić information content (AvgIpc) is 2.42. The number of benzene rings is 1. The van der Waals surface area contributed by atoms with E-state index in [1.165, 1.54) is 6.07 Å². The van der Waals surface area contributed by atoms with Crippen molar-refractivity contribution < 1.29 is 4.92 Å². The second-order valence-corrected chi connectivity index (χ2v) is 4.86. The van der Waals surface area contributed by atoms with E-state index in [0.717, 1.165) is 16.7 Å². The maximum absolute atomic E-state index is 10.8. The van der Waals surface area contributed by atoms with Gasteiger partial charge in [0.25, 0.3) is 5.69 Å². The van der Waals surface area contributed by atoms with Gasteiger partial charge in [-0.1, -0.05) is 17.7 Å². The fourth-order valence-electron chi connectivity index (χ4n) is 1.85. The maximum Gasteiger partial charge on any atom is 0.288 e. The van der Waals surface area contributed by atoms with Crippen LogP contribution >= 0.6 is 11.6 Å². The number of halogens is 1. The molecule has 0 bridgehead atoms. The summed E-state index contributed by atoms with van der Waals surface area (Å²) in [6.45, 7) is 3.22. The van der Waals surface area contributed by atoms with Gasteiger partial charge in [-0.05, 0) is 35.7 Å². The number of aromatic nitrogens is 1. The summed E-state index contributed by atoms with van der Waals surface area (Å²) in [5, 5.41) is 14.2. The Morgan fingerprint density at radius 1 is 1.35 bits per heavy atom. The van der Waals surface area contributed by atoms with Crippen LogP contribution in [0.2, 0.25) is 5.02 Å². The predicted molar refractivity (Wildman–Crippen MR) is 77.6 cm³/mol. The van der Waals surface area contributed by atoms with Gasteiger partial charge in [0.15, 0.2) is 0 Å². The van der Waals surface area contributed by atoms with Gasteiger partial charge in [0, 0.05) is 31.5 Å². The van der Waals surface area contributed by atoms with Gasteiger partial charge >= 0.3 is 0 Å². The van der Waals surface area contributed by atoms with Crippen molar-refractivity contribution in [3.8, 4) is 0 Å². The SMILES string of the molecule is Cc1cnccc1CNCc1ccc(Cl)c([N+](=O)[O-])c1. The van der Waals surface area contributed by atoms with Gasteiger partial charge < -0.3 is 5.32 Å². The number of hydrogen-bond acceptors (Lipinski definition) is 4. The Morgan fingerprint density at radius 3 is 2.85 bits per heavy atom. The van der Waals surface area contributed by atoms with Crippen molar-refractivity contribution in [3.63, 3.8) is 0 Å². The molecule has 0 radical (unpaired) electrons. The third-order valence-electron chi connectivity index (χ3n) is 2.99. The number of pyridine rings is 1. The monoisotopic (exact) mass is 291 g/mol. The van der Waals surface area contributed by atoms with Crippen molar-refractivity contribution in [3.05, 3.63) is 68.5 Å². The molecule has 1 heterocycles. The molecule has 0 aliphatic rings. The Labute approximate surface area is 121 Å². The summed E-state index contributed by atoms with van der Waals surface area (Å²) >= 11 is 5.77. The molecule has 0 saturated carbocycles. The Balaban J connectivity index is 2.00. The molecule has 1 aromatic carbocycles. The topological polar surface area (TPSA) is 68.1 Å². The fourth-order valence-corrected chi connectivity index (χ4v) is 2.04. The third kappa shape index (κ3) is 3.53. The zero-order valence-corrected chi connectivity index (χ0v) is 11.7. The highest BCUT2D eigenvalue weighted by Crippen LogP contribution is 2.24. The first kappa shape index (κ1) is 14.4. The van der Waals surface area contributed by atoms with Gasteiger partial charge in [-0.15, -0.1) is 0 Å². The van der Waals surface area contributed by atoms with Crippen LogP contribution in [-0.4, -0.2) is 9.91 Å². The normalized spacial score (nSPS) is 10.5. The zero-order valence-electron chi connectivity index (χ0n) is 11.0. The molecule has 1 N–H and O–H groups in total. The van der Waals surface area contributed by atoms with Gasteiger partial charge in [-0.2, -0.15) is 0 Å². The van der Waals surface area contributed by atoms with E-state index >= 15 is 0 Å². The molecule has 104 valence electrons. The van der Waals surface area contributed by atoms with Gasteiger partial charge in [0.05, 0.1) is 4.92 Å². The van der Waals surface area contributed by atoms with E-state index in [-0.39, 0.29) is 10.7 Å². The maximum atomic E-state index is 10.8. The summed E-state index contributed by atoms with van der Waals surface area (Å²) < 4.78 is 0. The first-order valence-corrected chi connectivity index (χ1v) is 6.49. The van der Waals surface area contributed by atoms with Gasteiger partial charge in [0.1, 0.15) is 5.02 Å². The number of rotatable bonds is 5. The molecule has 0 atom stereocenters. The quantitative estimate of drug-likeness (QED) is 0.678. The van der Waals surface area contributed by atoms with Crippen LogP contribution in [0.1, 0.15) is 16.7 Å². The average molecular weight is 292 g/mol. The molecule has 0 aliphatic carbocycles. The van der Waals surface area contributed by atoms with Crippen LogP contribution in [0.15, 0.2) is 36.7 Å². The van der Waals surface area contributed by atoms with Crippen molar-refractivity contribution in [2.75, 3.05) is 0 Å². The number of hydrogen-bond donors (Lipinski definition) is 1. The second-order valence-electron chi connectivity index (χ2n) is 4.45. The molecule has 2 rings (SSSR count). The van der Waals surface area contributed by atoms with E-state index in [2.05, 4.69) is 10.3 Å². The highest BCUT2D eigenvalue weighted by molar-refractivity contribution is 6.32. The lowest BCUT2D eigenvalue weighted by molar-refractivity contribution is -0.384. The van der Waals surface area contributed by atoms with Gasteiger partial charge in [-0.3, -0.25) is 15.1 Å². The van der Waals surface area contributed by atoms with Gasteiger partial charge in [0.2, 0.25) is 0 Å². The van der Waals surface area contributed by atoms with E-state index in [1.54, 1.807) is 18.3 Å². The van der Waals surface area contributed by atoms with E-state index in [0.29, 0.717) is 13.1 Å². The van der Waals surface area contributed by atoms with Crippen LogP contribution in [0.5, 0.6) is 0 Å². The van der Waals surface area contributed by atoms with E-state index < -0.39 is 4.92 Å². The van der Waals surface area contributed by atoms with Crippen molar-refractivity contribution in [2.45, 2.75) is 20.0 Å². The van der Waals surface area contributed by atoms with Crippen molar-refractivity contribution in [2.24, 2.45) is 0 Å². The van der Waals surface area contributed by atoms with Crippen LogP contribution in [-0.2, 0) is 13.1 Å². The Morgan fingerprint density at radius 2 is 2.15 bits per heavy atom. The zero-order chi connectivity index (χ0) is 14.5. The molecule has 1 aromatic heterocycles. The highest BCUT2D eigenvalue weighted by Gasteiger charge is 2.12. The molecule has 0 fully saturated rings. The molecule has 20 heavy (non-hydrogen) atoms. The highest BCUT2D eigenvalue weighted by atomic mass is 35.5. The van der Waals surface area contributed by atoms with E-state index in [4.69, 9.17) is 11.6 Å². The Kier molecular flexibility index (Phi) is 4.65. The van der Waals surface area contributed by atoms with Crippen molar-refractivity contribution in [1.29, 1.82) is 0 Å². The second kappa shape index (κ2) is 6.45. The first-order chi connectivity index (χ1) is 9.58. The number of nitro groups is 1. The lowest BCUT2D eigenvalue weighted by Gasteiger charge is -2.07. The van der Waals surface area contributed by atoms with Crippen molar-refractivity contribution >= 4 is 17.3 Å². The summed E-state index contributed by atoms with van der Waals surface area (Å²) in [6.07, 6.45) is 3.56. The summed E-state index contributed by atoms with van der Waals surface area (Å²) in [5.74, 6) is 0. The summed E-state index contributed by atoms with van der Waals surface area (Å²) in [5.41, 5.74) is 3.03. The van der Waals surface area contributed by atoms with Crippen LogP contribution in [0.4, 0.5) is 5.69 Å². The summed E-state index contributed by atoms with van der Waals surface area (Å²) in [6, 6.07) is 6.78. The Hall–Kier alpha value is -1.98. The molecule has 0 saturated heterocycles. The third-order valence-corrected chi connectivity index (χ3v) is 3.31. The molecule has 0 aliphatic heterocycles. The van der Waals surface area contributed by atoms with E-state index in [9.17, 15) is 10.1 Å². The van der Waals surface area contributed by atoms with Crippen LogP contribution in [0, 0.1) is 17.0 Å². The van der Waals surface area contributed by atoms with Gasteiger partial charge in [-0.25, -0.2) is 0 Å². The molecule has 0 amide bonds. The molecular formula is C14H14ClN3O2. The molecular weight excluding hydrogens is 278 g/mol. The van der Waals surface area contributed by atoms with Crippen LogP contribution in [0.3, 0.4) is 0 Å². The molecule has 5 nitrogen and oxygen atoms in total. The predicted octanol–water partition coefficient (Wildman–Crippen LogP) is 3.24. The number of nitrogens with zero attached hydrogens (tertiary/aromatic N) is 2. The lowest BCUT2D eigenvalue weighted by atomic mass is 10.1. The molecule has 0 spiro atoms. The fraction of sp³-hybridized carbons (Fsp3) is 0.214. The van der Waals surface area contributed by atoms with Crippen LogP contribution < -0.4 is 5.32 Å². The minimum Gasteiger partial charge on any atom is -0.309 e. The number of nitro benzene ring substituents is 1. The lowest BCUT2D eigenvalue weighted by Crippen LogP contribution is -2.13. The summed E-state index contributed by atoms with van der Waals surface area (Å²) in [4.78, 5) is 14.4. The largest absolute Gasteiger partial charge is 0.309 e. The standard InChI is InChI=1S/C14H14ClN3O2/c1-10-7-16-5-4-12(10)9-17-8-11-2-3-13(15)14(6-11)18(19)20/h2-7,17H,8-9H2,1H3. The molecule has 0 unspecified atom stereocenters. The first-order valence-electron chi connectivity index (χ1n) is 6.11. The minimum atomic E-state index is -0.473. The smallest absolute Gasteiger partial charge is 0.288 e. The molecule has 2 aromatic rings. The molecule has 6 heteroatoms. The van der Waals surface area contributed by atoms with Crippen LogP contribution in [0.25, 0.3) is 0 Å². The minimum absolute atomic E-state index is 0.0638. The Bertz CT molecular complexity index is 632. The van der Waals surface area contributed by atoms with Crippen molar-refractivity contribution in [1.82, 2.24) is 10.3 Å². The summed E-state index contributed by atoms with van der Waals surface area (Å²) in [7, 11) is 0. The number of nitrogens with one attached hydrogen (secondary N) is 1. The van der Waals surface area contributed by atoms with E-state index in [1.807, 2.05) is 19.2 Å². The number of aryl methyl sites for hydroxylation is 1.